The third-order valence-electron chi connectivity index (χ3n) is 5.03. The van der Waals surface area contributed by atoms with Gasteiger partial charge in [-0.25, -0.2) is 4.39 Å². The van der Waals surface area contributed by atoms with Gasteiger partial charge in [0.25, 0.3) is 5.91 Å². The molecule has 1 atom stereocenters. The average molecular weight is 419 g/mol. The van der Waals surface area contributed by atoms with Gasteiger partial charge in [-0.3, -0.25) is 9.59 Å². The number of benzene rings is 3. The molecule has 0 saturated heterocycles. The predicted molar refractivity (Wildman–Crippen MR) is 123 cm³/mol. The first-order valence-electron chi connectivity index (χ1n) is 10.4. The lowest BCUT2D eigenvalue weighted by Gasteiger charge is -2.14. The number of hydrogen-bond acceptors (Lipinski definition) is 2. The van der Waals surface area contributed by atoms with Gasteiger partial charge in [0, 0.05) is 16.9 Å². The first kappa shape index (κ1) is 22.2. The quantitative estimate of drug-likeness (QED) is 0.493. The monoisotopic (exact) mass is 418 g/mol. The lowest BCUT2D eigenvalue weighted by molar-refractivity contribution is -0.117. The van der Waals surface area contributed by atoms with Crippen LogP contribution < -0.4 is 10.6 Å². The van der Waals surface area contributed by atoms with Gasteiger partial charge in [0.2, 0.25) is 5.91 Å². The standard InChI is InChI=1S/C26H27FN2O2/c1-17(2)16-19-4-6-20(7-5-19)18(3)25(30)28-23-12-8-21(9-13-23)26(31)29-24-14-10-22(27)11-15-24/h4-15,17-18H,16H2,1-3H3,(H,28,30)(H,29,31). The molecule has 0 spiro atoms. The maximum atomic E-state index is 13.0. The second-order valence-electron chi connectivity index (χ2n) is 8.09. The van der Waals surface area contributed by atoms with Crippen LogP contribution in [0.5, 0.6) is 0 Å². The summed E-state index contributed by atoms with van der Waals surface area (Å²) in [5, 5.41) is 5.61. The maximum Gasteiger partial charge on any atom is 0.255 e. The number of rotatable bonds is 7. The van der Waals surface area contributed by atoms with Crippen LogP contribution in [0.3, 0.4) is 0 Å². The van der Waals surface area contributed by atoms with Crippen LogP contribution >= 0.6 is 0 Å². The van der Waals surface area contributed by atoms with Crippen molar-refractivity contribution < 1.29 is 14.0 Å². The van der Waals surface area contributed by atoms with E-state index in [0.717, 1.165) is 12.0 Å². The van der Waals surface area contributed by atoms with Gasteiger partial charge in [0.05, 0.1) is 5.92 Å². The van der Waals surface area contributed by atoms with Gasteiger partial charge >= 0.3 is 0 Å². The van der Waals surface area contributed by atoms with Gasteiger partial charge in [-0.1, -0.05) is 38.1 Å². The fourth-order valence-electron chi connectivity index (χ4n) is 3.26. The summed E-state index contributed by atoms with van der Waals surface area (Å²) >= 11 is 0. The van der Waals surface area contributed by atoms with E-state index < -0.39 is 0 Å². The Morgan fingerprint density at radius 3 is 1.90 bits per heavy atom. The van der Waals surface area contributed by atoms with Crippen molar-refractivity contribution in [2.45, 2.75) is 33.1 Å². The Morgan fingerprint density at radius 1 is 0.774 bits per heavy atom. The minimum atomic E-state index is -0.362. The summed E-state index contributed by atoms with van der Waals surface area (Å²) < 4.78 is 13.0. The van der Waals surface area contributed by atoms with Crippen molar-refractivity contribution in [2.24, 2.45) is 5.92 Å². The summed E-state index contributed by atoms with van der Waals surface area (Å²) in [4.78, 5) is 25.0. The molecule has 5 heteroatoms. The second kappa shape index (κ2) is 10.0. The van der Waals surface area contributed by atoms with Crippen LogP contribution in [0.1, 0.15) is 48.2 Å². The smallest absolute Gasteiger partial charge is 0.255 e. The fraction of sp³-hybridized carbons (Fsp3) is 0.231. The molecule has 0 radical (unpaired) electrons. The van der Waals surface area contributed by atoms with Crippen LogP contribution in [0.4, 0.5) is 15.8 Å². The van der Waals surface area contributed by atoms with E-state index >= 15 is 0 Å². The summed E-state index contributed by atoms with van der Waals surface area (Å²) in [6.45, 7) is 6.24. The zero-order chi connectivity index (χ0) is 22.4. The minimum Gasteiger partial charge on any atom is -0.326 e. The average Bonchev–Trinajstić information content (AvgIpc) is 2.75. The lowest BCUT2D eigenvalue weighted by atomic mass is 9.96. The van der Waals surface area contributed by atoms with Crippen LogP contribution in [0.2, 0.25) is 0 Å². The van der Waals surface area contributed by atoms with Gasteiger partial charge in [0.1, 0.15) is 5.82 Å². The first-order chi connectivity index (χ1) is 14.8. The summed E-state index contributed by atoms with van der Waals surface area (Å²) in [6.07, 6.45) is 1.02. The van der Waals surface area contributed by atoms with Crippen LogP contribution in [0.25, 0.3) is 0 Å². The Labute approximate surface area is 182 Å². The van der Waals surface area contributed by atoms with E-state index in [-0.39, 0.29) is 23.5 Å². The molecule has 31 heavy (non-hydrogen) atoms. The van der Waals surface area contributed by atoms with Crippen molar-refractivity contribution in [3.8, 4) is 0 Å². The lowest BCUT2D eigenvalue weighted by Crippen LogP contribution is -2.19. The molecule has 0 saturated carbocycles. The van der Waals surface area contributed by atoms with Gasteiger partial charge < -0.3 is 10.6 Å². The van der Waals surface area contributed by atoms with E-state index in [1.807, 2.05) is 19.1 Å². The van der Waals surface area contributed by atoms with Crippen molar-refractivity contribution in [3.05, 3.63) is 95.3 Å². The highest BCUT2D eigenvalue weighted by Crippen LogP contribution is 2.20. The van der Waals surface area contributed by atoms with Crippen LogP contribution in [-0.4, -0.2) is 11.8 Å². The van der Waals surface area contributed by atoms with Gasteiger partial charge in [-0.2, -0.15) is 0 Å². The zero-order valence-corrected chi connectivity index (χ0v) is 18.0. The van der Waals surface area contributed by atoms with Crippen molar-refractivity contribution >= 4 is 23.2 Å². The highest BCUT2D eigenvalue weighted by molar-refractivity contribution is 6.04. The van der Waals surface area contributed by atoms with E-state index in [0.29, 0.717) is 22.9 Å². The number of nitrogens with one attached hydrogen (secondary N) is 2. The molecule has 1 unspecified atom stereocenters. The van der Waals surface area contributed by atoms with E-state index in [2.05, 4.69) is 36.6 Å². The van der Waals surface area contributed by atoms with Crippen LogP contribution in [0, 0.1) is 11.7 Å². The minimum absolute atomic E-state index is 0.111. The number of anilines is 2. The van der Waals surface area contributed by atoms with Gasteiger partial charge in [-0.05, 0) is 78.9 Å². The van der Waals surface area contributed by atoms with E-state index in [1.54, 1.807) is 24.3 Å². The molecule has 4 nitrogen and oxygen atoms in total. The second-order valence-corrected chi connectivity index (χ2v) is 8.09. The molecule has 3 aromatic carbocycles. The van der Waals surface area contributed by atoms with Gasteiger partial charge in [-0.15, -0.1) is 0 Å². The summed E-state index contributed by atoms with van der Waals surface area (Å²) in [6, 6.07) is 20.4. The molecule has 0 aromatic heterocycles. The largest absolute Gasteiger partial charge is 0.326 e. The third kappa shape index (κ3) is 6.25. The normalized spacial score (nSPS) is 11.8. The summed E-state index contributed by atoms with van der Waals surface area (Å²) in [7, 11) is 0. The predicted octanol–water partition coefficient (Wildman–Crippen LogP) is 6.02. The van der Waals surface area contributed by atoms with E-state index in [1.165, 1.54) is 29.8 Å². The molecule has 160 valence electrons. The maximum absolute atomic E-state index is 13.0. The van der Waals surface area contributed by atoms with E-state index in [4.69, 9.17) is 0 Å². The molecule has 0 aliphatic rings. The molecular formula is C26H27FN2O2. The SMILES string of the molecule is CC(C)Cc1ccc(C(C)C(=O)Nc2ccc(C(=O)Nc3ccc(F)cc3)cc2)cc1. The molecule has 3 aromatic rings. The number of halogens is 1. The first-order valence-corrected chi connectivity index (χ1v) is 10.4. The Morgan fingerprint density at radius 2 is 1.32 bits per heavy atom. The molecule has 0 bridgehead atoms. The molecule has 0 heterocycles. The highest BCUT2D eigenvalue weighted by atomic mass is 19.1. The molecule has 0 fully saturated rings. The molecule has 2 amide bonds. The molecular weight excluding hydrogens is 391 g/mol. The van der Waals surface area contributed by atoms with Crippen LogP contribution in [0.15, 0.2) is 72.8 Å². The van der Waals surface area contributed by atoms with Crippen molar-refractivity contribution in [1.29, 1.82) is 0 Å². The van der Waals surface area contributed by atoms with E-state index in [9.17, 15) is 14.0 Å². The molecule has 0 aliphatic carbocycles. The topological polar surface area (TPSA) is 58.2 Å². The van der Waals surface area contributed by atoms with Crippen molar-refractivity contribution in [3.63, 3.8) is 0 Å². The summed E-state index contributed by atoms with van der Waals surface area (Å²) in [5.74, 6) is -0.486. The van der Waals surface area contributed by atoms with Crippen molar-refractivity contribution in [2.75, 3.05) is 10.6 Å². The Hall–Kier alpha value is -3.47. The third-order valence-corrected chi connectivity index (χ3v) is 5.03. The Balaban J connectivity index is 1.58. The molecule has 3 rings (SSSR count). The summed E-state index contributed by atoms with van der Waals surface area (Å²) in [5.41, 5.74) is 3.79. The van der Waals surface area contributed by atoms with Crippen LogP contribution in [-0.2, 0) is 11.2 Å². The number of hydrogen-bond donors (Lipinski definition) is 2. The number of carbonyl (C=O) groups excluding carboxylic acids is 2. The zero-order valence-electron chi connectivity index (χ0n) is 18.0. The number of amides is 2. The molecule has 0 aliphatic heterocycles. The van der Waals surface area contributed by atoms with Crippen molar-refractivity contribution in [1.82, 2.24) is 0 Å². The highest BCUT2D eigenvalue weighted by Gasteiger charge is 2.16. The molecule has 2 N–H and O–H groups in total. The Kier molecular flexibility index (Phi) is 7.19. The Bertz CT molecular complexity index is 1030. The fourth-order valence-corrected chi connectivity index (χ4v) is 3.26. The van der Waals surface area contributed by atoms with Gasteiger partial charge in [0.15, 0.2) is 0 Å². The number of carbonyl (C=O) groups is 2.